The van der Waals surface area contributed by atoms with E-state index >= 15 is 0 Å². The highest BCUT2D eigenvalue weighted by Gasteiger charge is 2.59. The van der Waals surface area contributed by atoms with Crippen molar-refractivity contribution >= 4 is 29.1 Å². The number of halogens is 2. The van der Waals surface area contributed by atoms with Crippen LogP contribution in [-0.4, -0.2) is 24.5 Å². The molecule has 2 aromatic rings. The summed E-state index contributed by atoms with van der Waals surface area (Å²) in [6, 6.07) is 16.8. The third-order valence-corrected chi connectivity index (χ3v) is 6.60. The number of nitriles is 1. The molecule has 1 fully saturated rings. The van der Waals surface area contributed by atoms with Crippen molar-refractivity contribution in [1.82, 2.24) is 10.6 Å². The molecule has 0 bridgehead atoms. The average molecular weight is 472 g/mol. The zero-order valence-corrected chi connectivity index (χ0v) is 20.6. The standard InChI is InChI=1S/C26H31Cl2N3O/c1-5-13-30-24(32)23-22(17-7-6-8-20(28)14-17)26(16-29,18-9-11-19(27)12-10-18)21(31-23)15-25(2,3)4/h6-12,14,21-23,31H,5,13,15H2,1-4H3,(H,30,32)/t21-,22-,23+,26-/m0/s1. The number of rotatable bonds is 6. The summed E-state index contributed by atoms with van der Waals surface area (Å²) in [6.45, 7) is 9.06. The van der Waals surface area contributed by atoms with Gasteiger partial charge in [0.15, 0.2) is 0 Å². The number of hydrogen-bond donors (Lipinski definition) is 2. The van der Waals surface area contributed by atoms with Gasteiger partial charge in [0.05, 0.1) is 12.1 Å². The fraction of sp³-hybridized carbons (Fsp3) is 0.462. The van der Waals surface area contributed by atoms with Gasteiger partial charge in [0.25, 0.3) is 0 Å². The van der Waals surface area contributed by atoms with Gasteiger partial charge in [-0.3, -0.25) is 4.79 Å². The Hall–Kier alpha value is -2.06. The summed E-state index contributed by atoms with van der Waals surface area (Å²) in [5.41, 5.74) is 0.688. The van der Waals surface area contributed by atoms with Gasteiger partial charge < -0.3 is 10.6 Å². The number of hydrogen-bond acceptors (Lipinski definition) is 3. The summed E-state index contributed by atoms with van der Waals surface area (Å²) in [7, 11) is 0. The minimum absolute atomic E-state index is 0.0557. The van der Waals surface area contributed by atoms with Gasteiger partial charge in [0.2, 0.25) is 5.91 Å². The first-order valence-corrected chi connectivity index (χ1v) is 11.8. The van der Waals surface area contributed by atoms with Crippen molar-refractivity contribution in [1.29, 1.82) is 5.26 Å². The Morgan fingerprint density at radius 1 is 1.16 bits per heavy atom. The molecule has 1 aliphatic heterocycles. The first kappa shape index (κ1) is 24.6. The van der Waals surface area contributed by atoms with Crippen LogP contribution in [0.2, 0.25) is 10.0 Å². The topological polar surface area (TPSA) is 64.9 Å². The molecule has 2 N–H and O–H groups in total. The van der Waals surface area contributed by atoms with Crippen molar-refractivity contribution in [2.45, 2.75) is 64.0 Å². The lowest BCUT2D eigenvalue weighted by Crippen LogP contribution is -2.45. The van der Waals surface area contributed by atoms with Crippen LogP contribution in [0.25, 0.3) is 0 Å². The SMILES string of the molecule is CCCNC(=O)[C@@H]1N[C@@H](CC(C)(C)C)[C@](C#N)(c2ccc(Cl)cc2)[C@H]1c1cccc(Cl)c1. The molecule has 3 rings (SSSR count). The highest BCUT2D eigenvalue weighted by Crippen LogP contribution is 2.51. The molecule has 6 heteroatoms. The minimum atomic E-state index is -0.975. The van der Waals surface area contributed by atoms with Gasteiger partial charge in [-0.25, -0.2) is 0 Å². The van der Waals surface area contributed by atoms with Gasteiger partial charge in [0, 0.05) is 28.5 Å². The molecule has 1 saturated heterocycles. The summed E-state index contributed by atoms with van der Waals surface area (Å²) >= 11 is 12.5. The van der Waals surface area contributed by atoms with Crippen LogP contribution in [0, 0.1) is 16.7 Å². The second-order valence-corrected chi connectivity index (χ2v) is 10.6. The van der Waals surface area contributed by atoms with Gasteiger partial charge in [-0.05, 0) is 53.6 Å². The predicted molar refractivity (Wildman–Crippen MR) is 131 cm³/mol. The van der Waals surface area contributed by atoms with Gasteiger partial charge in [-0.2, -0.15) is 5.26 Å². The zero-order chi connectivity index (χ0) is 23.5. The van der Waals surface area contributed by atoms with E-state index in [0.29, 0.717) is 16.6 Å². The fourth-order valence-electron chi connectivity index (χ4n) is 4.82. The van der Waals surface area contributed by atoms with Crippen LogP contribution in [0.15, 0.2) is 48.5 Å². The van der Waals surface area contributed by atoms with Crippen LogP contribution in [-0.2, 0) is 10.2 Å². The summed E-state index contributed by atoms with van der Waals surface area (Å²) in [6.07, 6.45) is 1.56. The molecule has 170 valence electrons. The zero-order valence-electron chi connectivity index (χ0n) is 19.1. The second-order valence-electron chi connectivity index (χ2n) is 9.77. The fourth-order valence-corrected chi connectivity index (χ4v) is 5.14. The van der Waals surface area contributed by atoms with Gasteiger partial charge in [0.1, 0.15) is 5.41 Å². The molecule has 2 aromatic carbocycles. The van der Waals surface area contributed by atoms with Crippen molar-refractivity contribution in [2.24, 2.45) is 5.41 Å². The van der Waals surface area contributed by atoms with E-state index in [4.69, 9.17) is 23.2 Å². The number of nitrogens with one attached hydrogen (secondary N) is 2. The Balaban J connectivity index is 2.24. The van der Waals surface area contributed by atoms with E-state index in [2.05, 4.69) is 37.5 Å². The molecule has 0 unspecified atom stereocenters. The molecule has 0 aliphatic carbocycles. The van der Waals surface area contributed by atoms with Crippen molar-refractivity contribution < 1.29 is 4.79 Å². The van der Waals surface area contributed by atoms with Crippen molar-refractivity contribution in [2.75, 3.05) is 6.54 Å². The van der Waals surface area contributed by atoms with Crippen molar-refractivity contribution in [3.8, 4) is 6.07 Å². The first-order valence-electron chi connectivity index (χ1n) is 11.1. The molecule has 0 saturated carbocycles. The monoisotopic (exact) mass is 471 g/mol. The van der Waals surface area contributed by atoms with Crippen molar-refractivity contribution in [3.63, 3.8) is 0 Å². The lowest BCUT2D eigenvalue weighted by molar-refractivity contribution is -0.123. The third-order valence-electron chi connectivity index (χ3n) is 6.12. The molecule has 32 heavy (non-hydrogen) atoms. The first-order chi connectivity index (χ1) is 15.1. The highest BCUT2D eigenvalue weighted by atomic mass is 35.5. The quantitative estimate of drug-likeness (QED) is 0.555. The molecular formula is C26H31Cl2N3O. The number of amides is 1. The molecule has 4 nitrogen and oxygen atoms in total. The lowest BCUT2D eigenvalue weighted by Gasteiger charge is -2.37. The Morgan fingerprint density at radius 2 is 1.84 bits per heavy atom. The van der Waals surface area contributed by atoms with E-state index in [9.17, 15) is 10.1 Å². The average Bonchev–Trinajstić information content (AvgIpc) is 3.05. The molecule has 0 aromatic heterocycles. The Bertz CT molecular complexity index is 993. The number of carbonyl (C=O) groups is 1. The maximum Gasteiger partial charge on any atom is 0.237 e. The Labute approximate surface area is 201 Å². The maximum absolute atomic E-state index is 13.3. The Kier molecular flexibility index (Phi) is 7.55. The van der Waals surface area contributed by atoms with Crippen LogP contribution in [0.4, 0.5) is 0 Å². The van der Waals surface area contributed by atoms with E-state index in [-0.39, 0.29) is 17.4 Å². The molecule has 1 heterocycles. The third kappa shape index (κ3) is 4.96. The van der Waals surface area contributed by atoms with Gasteiger partial charge >= 0.3 is 0 Å². The van der Waals surface area contributed by atoms with E-state index in [1.54, 1.807) is 0 Å². The number of carbonyl (C=O) groups excluding carboxylic acids is 1. The van der Waals surface area contributed by atoms with Crippen LogP contribution in [0.3, 0.4) is 0 Å². The summed E-state index contributed by atoms with van der Waals surface area (Å²) in [5, 5.41) is 18.6. The summed E-state index contributed by atoms with van der Waals surface area (Å²) in [5.74, 6) is -0.515. The second kappa shape index (κ2) is 9.83. The van der Waals surface area contributed by atoms with Crippen molar-refractivity contribution in [3.05, 3.63) is 69.7 Å². The maximum atomic E-state index is 13.3. The van der Waals surface area contributed by atoms with E-state index in [0.717, 1.165) is 24.0 Å². The summed E-state index contributed by atoms with van der Waals surface area (Å²) < 4.78 is 0. The largest absolute Gasteiger partial charge is 0.355 e. The van der Waals surface area contributed by atoms with Gasteiger partial charge in [-0.1, -0.05) is 75.2 Å². The normalized spacial score (nSPS) is 25.3. The predicted octanol–water partition coefficient (Wildman–Crippen LogP) is 5.84. The molecule has 1 amide bonds. The molecule has 4 atom stereocenters. The number of benzene rings is 2. The van der Waals surface area contributed by atoms with E-state index in [1.807, 2.05) is 55.5 Å². The van der Waals surface area contributed by atoms with Crippen LogP contribution >= 0.6 is 23.2 Å². The van der Waals surface area contributed by atoms with Crippen LogP contribution in [0.5, 0.6) is 0 Å². The molecule has 1 aliphatic rings. The Morgan fingerprint density at radius 3 is 2.41 bits per heavy atom. The molecule has 0 spiro atoms. The van der Waals surface area contributed by atoms with E-state index < -0.39 is 17.4 Å². The highest BCUT2D eigenvalue weighted by molar-refractivity contribution is 6.30. The lowest BCUT2D eigenvalue weighted by atomic mass is 9.63. The van der Waals surface area contributed by atoms with Gasteiger partial charge in [-0.15, -0.1) is 0 Å². The van der Waals surface area contributed by atoms with Crippen LogP contribution < -0.4 is 10.6 Å². The molecule has 0 radical (unpaired) electrons. The molecular weight excluding hydrogens is 441 g/mol. The minimum Gasteiger partial charge on any atom is -0.355 e. The number of nitrogens with zero attached hydrogens (tertiary/aromatic N) is 1. The summed E-state index contributed by atoms with van der Waals surface area (Å²) in [4.78, 5) is 13.3. The smallest absolute Gasteiger partial charge is 0.237 e. The van der Waals surface area contributed by atoms with Crippen LogP contribution in [0.1, 0.15) is 57.6 Å². The van der Waals surface area contributed by atoms with E-state index in [1.165, 1.54) is 0 Å².